The summed E-state index contributed by atoms with van der Waals surface area (Å²) in [6, 6.07) is 7.63. The third-order valence-electron chi connectivity index (χ3n) is 6.04. The molecule has 2 aromatic heterocycles. The number of allylic oxidation sites excluding steroid dienone is 2. The van der Waals surface area contributed by atoms with Gasteiger partial charge < -0.3 is 20.0 Å². The van der Waals surface area contributed by atoms with E-state index in [2.05, 4.69) is 9.97 Å². The van der Waals surface area contributed by atoms with Crippen LogP contribution >= 0.6 is 45.1 Å². The Morgan fingerprint density at radius 3 is 1.40 bits per heavy atom. The molecule has 2 heterocycles. The number of pyridine rings is 2. The van der Waals surface area contributed by atoms with Gasteiger partial charge in [-0.3, -0.25) is 9.59 Å². The molecule has 2 N–H and O–H groups in total. The second-order valence-electron chi connectivity index (χ2n) is 8.68. The summed E-state index contributed by atoms with van der Waals surface area (Å²) in [6.07, 6.45) is 8.10. The highest BCUT2D eigenvalue weighted by molar-refractivity contribution is 8.79. The van der Waals surface area contributed by atoms with Crippen LogP contribution in [0.1, 0.15) is 51.7 Å². The fraction of sp³-hybridized carbons (Fsp3) is 0.429. The van der Waals surface area contributed by atoms with Gasteiger partial charge >= 0.3 is 0 Å². The van der Waals surface area contributed by atoms with Gasteiger partial charge in [-0.15, -0.1) is 23.5 Å². The Hall–Kier alpha value is -1.96. The van der Waals surface area contributed by atoms with Crippen molar-refractivity contribution in [1.82, 2.24) is 19.8 Å². The smallest absolute Gasteiger partial charge is 0.223 e. The predicted octanol–water partition coefficient (Wildman–Crippen LogP) is 5.93. The van der Waals surface area contributed by atoms with Crippen molar-refractivity contribution in [3.63, 3.8) is 0 Å². The Labute approximate surface area is 253 Å². The van der Waals surface area contributed by atoms with Crippen LogP contribution in [-0.2, 0) is 22.7 Å². The average Bonchev–Trinajstić information content (AvgIpc) is 2.95. The summed E-state index contributed by atoms with van der Waals surface area (Å²) in [5, 5.41) is 21.4. The lowest BCUT2D eigenvalue weighted by molar-refractivity contribution is -0.128. The van der Waals surface area contributed by atoms with Crippen LogP contribution in [-0.4, -0.2) is 67.5 Å². The Kier molecular flexibility index (Phi) is 15.2. The third kappa shape index (κ3) is 9.85. The zero-order valence-corrected chi connectivity index (χ0v) is 27.1. The lowest BCUT2D eigenvalue weighted by atomic mass is 10.2. The number of aliphatic hydroxyl groups excluding tert-OH is 2. The van der Waals surface area contributed by atoms with Gasteiger partial charge in [-0.25, -0.2) is 9.97 Å². The normalized spacial score (nSPS) is 12.5. The summed E-state index contributed by atoms with van der Waals surface area (Å²) in [7, 11) is 2.88. The van der Waals surface area contributed by atoms with Crippen molar-refractivity contribution < 1.29 is 19.8 Å². The first-order valence-corrected chi connectivity index (χ1v) is 17.3. The Bertz CT molecular complexity index is 1130. The number of rotatable bonds is 15. The molecule has 2 rings (SSSR count). The highest BCUT2D eigenvalue weighted by Crippen LogP contribution is 2.43. The fourth-order valence-electron chi connectivity index (χ4n) is 3.90. The molecule has 0 aromatic carbocycles. The van der Waals surface area contributed by atoms with Gasteiger partial charge in [0.2, 0.25) is 11.8 Å². The number of nitrogens with zero attached hydrogens (tertiary/aromatic N) is 4. The molecule has 0 fully saturated rings. The number of aromatic nitrogens is 2. The van der Waals surface area contributed by atoms with E-state index in [1.807, 2.05) is 50.6 Å². The number of hydrogen-bond donors (Lipinski definition) is 2. The number of aliphatic hydroxyl groups is 2. The predicted molar refractivity (Wildman–Crippen MR) is 168 cm³/mol. The van der Waals surface area contributed by atoms with Crippen molar-refractivity contribution in [1.29, 1.82) is 0 Å². The number of carbonyl (C=O) groups excluding carboxylic acids is 2. The van der Waals surface area contributed by atoms with Crippen molar-refractivity contribution in [3.8, 4) is 0 Å². The molecule has 40 heavy (non-hydrogen) atoms. The van der Waals surface area contributed by atoms with Crippen LogP contribution in [0.3, 0.4) is 0 Å². The largest absolute Gasteiger partial charge is 0.396 e. The highest BCUT2D eigenvalue weighted by atomic mass is 33.1. The van der Waals surface area contributed by atoms with Crippen LogP contribution in [0.25, 0.3) is 0 Å². The molecule has 0 aliphatic carbocycles. The fourth-order valence-corrected chi connectivity index (χ4v) is 7.86. The van der Waals surface area contributed by atoms with E-state index < -0.39 is 0 Å². The number of thioether (sulfide) groups is 2. The van der Waals surface area contributed by atoms with Crippen LogP contribution in [0.15, 0.2) is 67.9 Å². The standard InChI is InChI=1S/C28H38N4O4S4/c1-19(31(21(3)35)17-23-9-7-13-29-27(23)37-5)25(11-15-33)39-40-26(12-16-34)20(2)32(22(4)36)18-24-10-8-14-30-28(24)38-6/h7-10,13-14,33-34H,11-12,15-18H2,1-6H3/b25-19-,26-20-. The zero-order valence-electron chi connectivity index (χ0n) is 23.8. The molecule has 0 spiro atoms. The molecule has 2 amide bonds. The minimum atomic E-state index is -0.111. The summed E-state index contributed by atoms with van der Waals surface area (Å²) < 4.78 is 0. The molecule has 0 aliphatic rings. The quantitative estimate of drug-likeness (QED) is 0.183. The van der Waals surface area contributed by atoms with Crippen molar-refractivity contribution in [2.75, 3.05) is 25.7 Å². The van der Waals surface area contributed by atoms with Gasteiger partial charge in [-0.05, 0) is 38.5 Å². The van der Waals surface area contributed by atoms with Gasteiger partial charge in [0, 0.05) is 84.6 Å². The molecule has 218 valence electrons. The van der Waals surface area contributed by atoms with E-state index in [0.29, 0.717) is 25.9 Å². The van der Waals surface area contributed by atoms with E-state index in [4.69, 9.17) is 0 Å². The maximum Gasteiger partial charge on any atom is 0.223 e. The number of amides is 2. The molecule has 0 saturated carbocycles. The summed E-state index contributed by atoms with van der Waals surface area (Å²) in [6.45, 7) is 7.39. The summed E-state index contributed by atoms with van der Waals surface area (Å²) in [4.78, 5) is 39.4. The SMILES string of the molecule is CSc1ncccc1CN(C(C)=O)/C(C)=C(/CCO)SS/C(CCO)=C(/C)N(Cc1cccnc1SC)C(C)=O. The third-order valence-corrected chi connectivity index (χ3v) is 10.5. The van der Waals surface area contributed by atoms with Gasteiger partial charge in [0.1, 0.15) is 10.1 Å². The van der Waals surface area contributed by atoms with Crippen LogP contribution in [0.5, 0.6) is 0 Å². The van der Waals surface area contributed by atoms with E-state index in [-0.39, 0.29) is 25.0 Å². The monoisotopic (exact) mass is 622 g/mol. The van der Waals surface area contributed by atoms with Gasteiger partial charge in [0.25, 0.3) is 0 Å². The van der Waals surface area contributed by atoms with E-state index >= 15 is 0 Å². The van der Waals surface area contributed by atoms with Gasteiger partial charge in [0.15, 0.2) is 0 Å². The van der Waals surface area contributed by atoms with E-state index in [0.717, 1.165) is 42.4 Å². The maximum atomic E-state index is 12.7. The Morgan fingerprint density at radius 1 is 0.725 bits per heavy atom. The first-order chi connectivity index (χ1) is 19.2. The summed E-state index contributed by atoms with van der Waals surface area (Å²) in [5.74, 6) is -0.221. The van der Waals surface area contributed by atoms with Crippen LogP contribution in [0, 0.1) is 0 Å². The van der Waals surface area contributed by atoms with Crippen molar-refractivity contribution >= 4 is 56.9 Å². The number of carbonyl (C=O) groups is 2. The van der Waals surface area contributed by atoms with Crippen molar-refractivity contribution in [3.05, 3.63) is 69.0 Å². The highest BCUT2D eigenvalue weighted by Gasteiger charge is 2.21. The topological polar surface area (TPSA) is 107 Å². The van der Waals surface area contributed by atoms with E-state index in [1.54, 1.807) is 22.2 Å². The second-order valence-corrected chi connectivity index (χ2v) is 12.6. The lowest BCUT2D eigenvalue weighted by Gasteiger charge is -2.27. The minimum Gasteiger partial charge on any atom is -0.396 e. The van der Waals surface area contributed by atoms with Crippen LogP contribution in [0.4, 0.5) is 0 Å². The molecule has 2 aromatic rings. The first-order valence-electron chi connectivity index (χ1n) is 12.7. The summed E-state index contributed by atoms with van der Waals surface area (Å²) >= 11 is 3.06. The van der Waals surface area contributed by atoms with Gasteiger partial charge in [-0.2, -0.15) is 0 Å². The molecule has 0 saturated heterocycles. The molecule has 0 atom stereocenters. The average molecular weight is 623 g/mol. The lowest BCUT2D eigenvalue weighted by Crippen LogP contribution is -2.28. The van der Waals surface area contributed by atoms with E-state index in [9.17, 15) is 19.8 Å². The molecular formula is C28H38N4O4S4. The Balaban J connectivity index is 2.40. The molecule has 0 radical (unpaired) electrons. The van der Waals surface area contributed by atoms with Crippen LogP contribution < -0.4 is 0 Å². The first kappa shape index (κ1) is 34.2. The molecule has 12 heteroatoms. The summed E-state index contributed by atoms with van der Waals surface area (Å²) in [5.41, 5.74) is 3.39. The molecular weight excluding hydrogens is 585 g/mol. The number of hydrogen-bond acceptors (Lipinski definition) is 10. The Morgan fingerprint density at radius 2 is 1.10 bits per heavy atom. The second kappa shape index (κ2) is 17.8. The van der Waals surface area contributed by atoms with Gasteiger partial charge in [-0.1, -0.05) is 33.7 Å². The molecule has 8 nitrogen and oxygen atoms in total. The van der Waals surface area contributed by atoms with Crippen molar-refractivity contribution in [2.45, 2.75) is 63.7 Å². The van der Waals surface area contributed by atoms with E-state index in [1.165, 1.54) is 59.0 Å². The molecule has 0 aliphatic heterocycles. The van der Waals surface area contributed by atoms with Gasteiger partial charge in [0.05, 0.1) is 13.1 Å². The van der Waals surface area contributed by atoms with Crippen LogP contribution in [0.2, 0.25) is 0 Å². The molecule has 0 unspecified atom stereocenters. The maximum absolute atomic E-state index is 12.7. The minimum absolute atomic E-state index is 0.0784. The zero-order chi connectivity index (χ0) is 29.7. The van der Waals surface area contributed by atoms with Crippen molar-refractivity contribution in [2.24, 2.45) is 0 Å². The molecule has 0 bridgehead atoms.